The maximum atomic E-state index is 11.6. The highest BCUT2D eigenvalue weighted by atomic mass is 16.7. The molecular weight excluding hydrogens is 266 g/mol. The van der Waals surface area contributed by atoms with E-state index in [2.05, 4.69) is 9.99 Å². The largest absolute Gasteiger partial charge is 0.418 e. The Labute approximate surface area is 114 Å². The summed E-state index contributed by atoms with van der Waals surface area (Å²) in [5.74, 6) is -4.18. The van der Waals surface area contributed by atoms with Gasteiger partial charge in [-0.2, -0.15) is 0 Å². The number of nitrogens with zero attached hydrogens (tertiary/aromatic N) is 1. The molecule has 7 heteroatoms. The molecule has 2 rings (SSSR count). The van der Waals surface area contributed by atoms with Crippen molar-refractivity contribution in [2.24, 2.45) is 5.16 Å². The summed E-state index contributed by atoms with van der Waals surface area (Å²) in [6, 6.07) is 8.00. The molecule has 0 saturated carbocycles. The monoisotopic (exact) mass is 277 g/mol. The van der Waals surface area contributed by atoms with Crippen LogP contribution in [-0.4, -0.2) is 29.4 Å². The maximum absolute atomic E-state index is 11.6. The molecule has 104 valence electrons. The number of oxime groups is 1. The molecule has 0 bridgehead atoms. The predicted octanol–water partition coefficient (Wildman–Crippen LogP) is 1.04. The molecule has 0 spiro atoms. The van der Waals surface area contributed by atoms with Gasteiger partial charge in [0.2, 0.25) is 0 Å². The van der Waals surface area contributed by atoms with Crippen molar-refractivity contribution in [3.63, 3.8) is 0 Å². The summed E-state index contributed by atoms with van der Waals surface area (Å²) >= 11 is 0. The minimum absolute atomic E-state index is 0.231. The van der Waals surface area contributed by atoms with Crippen LogP contribution in [0.2, 0.25) is 0 Å². The molecule has 0 radical (unpaired) electrons. The molecule has 1 aliphatic heterocycles. The number of benzene rings is 1. The number of rotatable bonds is 2. The van der Waals surface area contributed by atoms with Gasteiger partial charge in [-0.25, -0.2) is 14.4 Å². The van der Waals surface area contributed by atoms with Crippen molar-refractivity contribution in [2.45, 2.75) is 19.6 Å². The zero-order chi connectivity index (χ0) is 14.8. The normalized spacial score (nSPS) is 17.0. The molecular formula is C13H11NO6. The van der Waals surface area contributed by atoms with Gasteiger partial charge in [0.05, 0.1) is 5.56 Å². The van der Waals surface area contributed by atoms with E-state index in [0.29, 0.717) is 0 Å². The minimum Gasteiger partial charge on any atom is -0.418 e. The number of hydrogen-bond donors (Lipinski definition) is 0. The van der Waals surface area contributed by atoms with Gasteiger partial charge >= 0.3 is 17.9 Å². The van der Waals surface area contributed by atoms with Crippen molar-refractivity contribution in [2.75, 3.05) is 0 Å². The average molecular weight is 277 g/mol. The van der Waals surface area contributed by atoms with E-state index in [1.165, 1.54) is 26.0 Å². The van der Waals surface area contributed by atoms with E-state index in [4.69, 9.17) is 9.47 Å². The minimum atomic E-state index is -1.36. The summed E-state index contributed by atoms with van der Waals surface area (Å²) < 4.78 is 9.58. The molecule has 0 aromatic heterocycles. The van der Waals surface area contributed by atoms with Gasteiger partial charge in [-0.3, -0.25) is 0 Å². The zero-order valence-electron chi connectivity index (χ0n) is 10.8. The number of esters is 2. The van der Waals surface area contributed by atoms with E-state index in [9.17, 15) is 14.4 Å². The summed E-state index contributed by atoms with van der Waals surface area (Å²) in [5, 5.41) is 3.21. The summed E-state index contributed by atoms with van der Waals surface area (Å²) in [4.78, 5) is 39.2. The second-order valence-electron chi connectivity index (χ2n) is 4.36. The SMILES string of the molecule is CC1(C)OC(=O)C(=NOC(=O)c2ccccc2)C(=O)O1. The third-order valence-electron chi connectivity index (χ3n) is 2.29. The van der Waals surface area contributed by atoms with E-state index in [0.717, 1.165) is 0 Å². The molecule has 7 nitrogen and oxygen atoms in total. The molecule has 20 heavy (non-hydrogen) atoms. The van der Waals surface area contributed by atoms with Crippen LogP contribution in [0.15, 0.2) is 35.5 Å². The Kier molecular flexibility index (Phi) is 3.51. The summed E-state index contributed by atoms with van der Waals surface area (Å²) in [6.45, 7) is 2.80. The van der Waals surface area contributed by atoms with E-state index in [-0.39, 0.29) is 5.56 Å². The fourth-order valence-corrected chi connectivity index (χ4v) is 1.44. The summed E-state index contributed by atoms with van der Waals surface area (Å²) in [5.41, 5.74) is -0.483. The number of cyclic esters (lactones) is 2. The Bertz CT molecular complexity index is 568. The standard InChI is InChI=1S/C13H11NO6/c1-13(2)18-11(16)9(12(17)19-13)14-20-10(15)8-6-4-3-5-7-8/h3-7H,1-2H3. The smallest absolute Gasteiger partial charge is 0.371 e. The van der Waals surface area contributed by atoms with Gasteiger partial charge in [-0.1, -0.05) is 23.4 Å². The molecule has 0 aliphatic carbocycles. The van der Waals surface area contributed by atoms with Crippen LogP contribution in [0.4, 0.5) is 0 Å². The van der Waals surface area contributed by atoms with Crippen LogP contribution in [0.25, 0.3) is 0 Å². The highest BCUT2D eigenvalue weighted by molar-refractivity contribution is 6.63. The van der Waals surface area contributed by atoms with Gasteiger partial charge in [0.1, 0.15) is 0 Å². The molecule has 1 saturated heterocycles. The second kappa shape index (κ2) is 5.12. The van der Waals surface area contributed by atoms with Crippen molar-refractivity contribution >= 4 is 23.6 Å². The van der Waals surface area contributed by atoms with Crippen molar-refractivity contribution in [1.82, 2.24) is 0 Å². The third-order valence-corrected chi connectivity index (χ3v) is 2.29. The molecule has 0 N–H and O–H groups in total. The highest BCUT2D eigenvalue weighted by Gasteiger charge is 2.41. The van der Waals surface area contributed by atoms with E-state index >= 15 is 0 Å². The van der Waals surface area contributed by atoms with Crippen molar-refractivity contribution in [3.05, 3.63) is 35.9 Å². The van der Waals surface area contributed by atoms with Crippen molar-refractivity contribution < 1.29 is 28.7 Å². The molecule has 1 aromatic rings. The number of ether oxygens (including phenoxy) is 2. The van der Waals surface area contributed by atoms with Crippen LogP contribution in [0, 0.1) is 0 Å². The predicted molar refractivity (Wildman–Crippen MR) is 65.6 cm³/mol. The maximum Gasteiger partial charge on any atom is 0.371 e. The van der Waals surface area contributed by atoms with Gasteiger partial charge in [-0.15, -0.1) is 0 Å². The number of hydrogen-bond acceptors (Lipinski definition) is 7. The van der Waals surface area contributed by atoms with Gasteiger partial charge in [0.25, 0.3) is 11.5 Å². The Morgan fingerprint density at radius 1 is 1.10 bits per heavy atom. The molecule has 1 fully saturated rings. The molecule has 0 atom stereocenters. The van der Waals surface area contributed by atoms with Crippen LogP contribution in [0.1, 0.15) is 24.2 Å². The Balaban J connectivity index is 2.10. The first-order valence-electron chi connectivity index (χ1n) is 5.70. The van der Waals surface area contributed by atoms with Gasteiger partial charge in [-0.05, 0) is 12.1 Å². The number of carbonyl (C=O) groups is 3. The van der Waals surface area contributed by atoms with E-state index < -0.39 is 29.4 Å². The lowest BCUT2D eigenvalue weighted by Gasteiger charge is -2.28. The highest BCUT2D eigenvalue weighted by Crippen LogP contribution is 2.18. The van der Waals surface area contributed by atoms with Gasteiger partial charge in [0.15, 0.2) is 0 Å². The Morgan fingerprint density at radius 2 is 1.65 bits per heavy atom. The average Bonchev–Trinajstić information content (AvgIpc) is 2.37. The van der Waals surface area contributed by atoms with Gasteiger partial charge in [0, 0.05) is 13.8 Å². The third kappa shape index (κ3) is 3.00. The molecule has 0 unspecified atom stereocenters. The van der Waals surface area contributed by atoms with Crippen LogP contribution in [0.3, 0.4) is 0 Å². The van der Waals surface area contributed by atoms with Crippen molar-refractivity contribution in [1.29, 1.82) is 0 Å². The summed E-state index contributed by atoms with van der Waals surface area (Å²) in [7, 11) is 0. The Morgan fingerprint density at radius 3 is 2.20 bits per heavy atom. The van der Waals surface area contributed by atoms with E-state index in [1.54, 1.807) is 18.2 Å². The van der Waals surface area contributed by atoms with Crippen LogP contribution < -0.4 is 0 Å². The Hall–Kier alpha value is -2.70. The fraction of sp³-hybridized carbons (Fsp3) is 0.231. The molecule has 1 aromatic carbocycles. The molecule has 0 amide bonds. The lowest BCUT2D eigenvalue weighted by molar-refractivity contribution is -0.215. The molecule has 1 aliphatic rings. The lowest BCUT2D eigenvalue weighted by Crippen LogP contribution is -2.46. The fourth-order valence-electron chi connectivity index (χ4n) is 1.44. The van der Waals surface area contributed by atoms with Crippen LogP contribution >= 0.6 is 0 Å². The first-order chi connectivity index (χ1) is 9.39. The van der Waals surface area contributed by atoms with Crippen molar-refractivity contribution in [3.8, 4) is 0 Å². The second-order valence-corrected chi connectivity index (χ2v) is 4.36. The number of carbonyl (C=O) groups excluding carboxylic acids is 3. The first kappa shape index (κ1) is 13.7. The summed E-state index contributed by atoms with van der Waals surface area (Å²) in [6.07, 6.45) is 0. The topological polar surface area (TPSA) is 91.3 Å². The van der Waals surface area contributed by atoms with Crippen LogP contribution in [0.5, 0.6) is 0 Å². The van der Waals surface area contributed by atoms with Gasteiger partial charge < -0.3 is 14.3 Å². The van der Waals surface area contributed by atoms with E-state index in [1.807, 2.05) is 0 Å². The molecule has 1 heterocycles. The quantitative estimate of drug-likeness (QED) is 0.455. The zero-order valence-corrected chi connectivity index (χ0v) is 10.8. The van der Waals surface area contributed by atoms with Crippen LogP contribution in [-0.2, 0) is 23.9 Å². The lowest BCUT2D eigenvalue weighted by atomic mass is 10.2. The first-order valence-corrected chi connectivity index (χ1v) is 5.70.